The number of halogens is 1. The highest BCUT2D eigenvalue weighted by atomic mass is 35.5. The first-order chi connectivity index (χ1) is 8.07. The quantitative estimate of drug-likeness (QED) is 0.885. The smallest absolute Gasteiger partial charge is 0.0693 e. The van der Waals surface area contributed by atoms with Gasteiger partial charge in [0.15, 0.2) is 0 Å². The summed E-state index contributed by atoms with van der Waals surface area (Å²) in [5, 5.41) is 10.4. The van der Waals surface area contributed by atoms with E-state index in [1.165, 1.54) is 0 Å². The fourth-order valence-electron chi connectivity index (χ4n) is 2.39. The zero-order valence-corrected chi connectivity index (χ0v) is 11.2. The van der Waals surface area contributed by atoms with E-state index in [4.69, 9.17) is 11.6 Å². The van der Waals surface area contributed by atoms with Gasteiger partial charge in [-0.15, -0.1) is 0 Å². The first-order valence-electron chi connectivity index (χ1n) is 5.93. The summed E-state index contributed by atoms with van der Waals surface area (Å²) in [6, 6.07) is 5.97. The molecule has 0 amide bonds. The number of pyridine rings is 1. The number of nitrogens with zero attached hydrogens (tertiary/aromatic N) is 1. The summed E-state index contributed by atoms with van der Waals surface area (Å²) in [4.78, 5) is 0. The van der Waals surface area contributed by atoms with Crippen molar-refractivity contribution < 1.29 is 5.11 Å². The minimum Gasteiger partial charge on any atom is -0.396 e. The first kappa shape index (κ1) is 12.5. The first-order valence-corrected chi connectivity index (χ1v) is 6.31. The van der Waals surface area contributed by atoms with Crippen LogP contribution < -0.4 is 0 Å². The van der Waals surface area contributed by atoms with Crippen LogP contribution >= 0.6 is 11.6 Å². The molecule has 0 aromatic carbocycles. The topological polar surface area (TPSA) is 24.6 Å². The number of aliphatic hydroxyl groups is 1. The van der Waals surface area contributed by atoms with Crippen molar-refractivity contribution in [2.24, 2.45) is 5.92 Å². The second-order valence-electron chi connectivity index (χ2n) is 4.81. The number of aliphatic hydroxyl groups excluding tert-OH is 1. The maximum absolute atomic E-state index is 9.59. The maximum Gasteiger partial charge on any atom is 0.0693 e. The molecular weight excluding hydrogens is 234 g/mol. The average Bonchev–Trinajstić information content (AvgIpc) is 2.56. The number of hydrogen-bond acceptors (Lipinski definition) is 1. The summed E-state index contributed by atoms with van der Waals surface area (Å²) in [6.45, 7) is 6.42. The van der Waals surface area contributed by atoms with Crippen LogP contribution in [0.3, 0.4) is 0 Å². The van der Waals surface area contributed by atoms with Gasteiger partial charge in [-0.1, -0.05) is 31.5 Å². The van der Waals surface area contributed by atoms with Gasteiger partial charge in [0, 0.05) is 17.8 Å². The predicted octanol–water partition coefficient (Wildman–Crippen LogP) is 3.63. The van der Waals surface area contributed by atoms with Crippen LogP contribution in [0.15, 0.2) is 24.4 Å². The normalized spacial score (nSPS) is 13.5. The summed E-state index contributed by atoms with van der Waals surface area (Å²) in [6.07, 6.45) is 2.01. The molecule has 3 heteroatoms. The third-order valence-corrected chi connectivity index (χ3v) is 3.89. The van der Waals surface area contributed by atoms with Crippen molar-refractivity contribution in [3.63, 3.8) is 0 Å². The third kappa shape index (κ3) is 1.96. The summed E-state index contributed by atoms with van der Waals surface area (Å²) < 4.78 is 2.10. The van der Waals surface area contributed by atoms with Gasteiger partial charge in [0.2, 0.25) is 0 Å². The van der Waals surface area contributed by atoms with Crippen molar-refractivity contribution in [2.75, 3.05) is 6.61 Å². The number of hydrogen-bond donors (Lipinski definition) is 1. The summed E-state index contributed by atoms with van der Waals surface area (Å²) in [5.41, 5.74) is 3.22. The van der Waals surface area contributed by atoms with Crippen LogP contribution in [0, 0.1) is 12.8 Å². The lowest BCUT2D eigenvalue weighted by Gasteiger charge is -2.19. The van der Waals surface area contributed by atoms with E-state index >= 15 is 0 Å². The van der Waals surface area contributed by atoms with Crippen LogP contribution in [0.2, 0.25) is 5.02 Å². The van der Waals surface area contributed by atoms with Gasteiger partial charge in [-0.25, -0.2) is 0 Å². The van der Waals surface area contributed by atoms with Gasteiger partial charge in [-0.05, 0) is 30.5 Å². The lowest BCUT2D eigenvalue weighted by molar-refractivity contribution is 0.234. The molecule has 0 fully saturated rings. The van der Waals surface area contributed by atoms with E-state index in [9.17, 15) is 5.11 Å². The Bertz CT molecular complexity index is 530. The molecule has 92 valence electrons. The van der Waals surface area contributed by atoms with Crippen LogP contribution in [-0.2, 0) is 0 Å². The van der Waals surface area contributed by atoms with E-state index in [1.54, 1.807) is 0 Å². The fraction of sp³-hybridized carbons (Fsp3) is 0.429. The molecule has 0 bridgehead atoms. The second-order valence-corrected chi connectivity index (χ2v) is 5.19. The highest BCUT2D eigenvalue weighted by molar-refractivity contribution is 6.34. The van der Waals surface area contributed by atoms with Crippen molar-refractivity contribution in [3.8, 4) is 0 Å². The Morgan fingerprint density at radius 3 is 2.65 bits per heavy atom. The summed E-state index contributed by atoms with van der Waals surface area (Å²) in [7, 11) is 0. The number of aromatic nitrogens is 1. The summed E-state index contributed by atoms with van der Waals surface area (Å²) in [5.74, 6) is 0.505. The van der Waals surface area contributed by atoms with Crippen molar-refractivity contribution >= 4 is 17.1 Å². The van der Waals surface area contributed by atoms with Crippen molar-refractivity contribution in [3.05, 3.63) is 40.7 Å². The largest absolute Gasteiger partial charge is 0.396 e. The lowest BCUT2D eigenvalue weighted by atomic mass is 9.91. The van der Waals surface area contributed by atoms with E-state index in [0.29, 0.717) is 5.92 Å². The molecule has 2 nitrogen and oxygen atoms in total. The molecule has 0 aliphatic heterocycles. The predicted molar refractivity (Wildman–Crippen MR) is 71.8 cm³/mol. The Balaban J connectivity index is 2.72. The Morgan fingerprint density at radius 1 is 1.35 bits per heavy atom. The van der Waals surface area contributed by atoms with E-state index < -0.39 is 0 Å². The van der Waals surface area contributed by atoms with Gasteiger partial charge in [-0.3, -0.25) is 0 Å². The Labute approximate surface area is 107 Å². The van der Waals surface area contributed by atoms with Crippen LogP contribution in [0.5, 0.6) is 0 Å². The van der Waals surface area contributed by atoms with Crippen molar-refractivity contribution in [2.45, 2.75) is 26.7 Å². The molecule has 2 aromatic rings. The van der Waals surface area contributed by atoms with Crippen molar-refractivity contribution in [1.82, 2.24) is 4.40 Å². The zero-order valence-electron chi connectivity index (χ0n) is 10.4. The zero-order chi connectivity index (χ0) is 12.6. The number of fused-ring (bicyclic) bond motifs is 1. The monoisotopic (exact) mass is 251 g/mol. The van der Waals surface area contributed by atoms with E-state index in [-0.39, 0.29) is 12.5 Å². The van der Waals surface area contributed by atoms with E-state index in [1.807, 2.05) is 31.3 Å². The number of rotatable bonds is 3. The van der Waals surface area contributed by atoms with Gasteiger partial charge >= 0.3 is 0 Å². The van der Waals surface area contributed by atoms with Crippen LogP contribution in [-0.4, -0.2) is 16.1 Å². The third-order valence-electron chi connectivity index (χ3n) is 3.41. The van der Waals surface area contributed by atoms with Crippen LogP contribution in [0.25, 0.3) is 5.52 Å². The highest BCUT2D eigenvalue weighted by Crippen LogP contribution is 2.35. The highest BCUT2D eigenvalue weighted by Gasteiger charge is 2.23. The standard InChI is InChI=1S/C14H18ClNO/c1-9(2)11(8-17)14-10(3)13(15)12-6-4-5-7-16(12)14/h4-7,9,11,17H,8H2,1-3H3. The molecule has 2 aromatic heterocycles. The van der Waals surface area contributed by atoms with Gasteiger partial charge in [-0.2, -0.15) is 0 Å². The second kappa shape index (κ2) is 4.71. The van der Waals surface area contributed by atoms with E-state index in [0.717, 1.165) is 21.8 Å². The molecule has 0 saturated carbocycles. The molecule has 2 rings (SSSR count). The Hall–Kier alpha value is -0.990. The minimum absolute atomic E-state index is 0.123. The SMILES string of the molecule is Cc1c(Cl)c2ccccn2c1C(CO)C(C)C. The lowest BCUT2D eigenvalue weighted by Crippen LogP contribution is -2.14. The van der Waals surface area contributed by atoms with Crippen molar-refractivity contribution in [1.29, 1.82) is 0 Å². The molecule has 1 unspecified atom stereocenters. The molecule has 17 heavy (non-hydrogen) atoms. The fourth-order valence-corrected chi connectivity index (χ4v) is 2.64. The Kier molecular flexibility index (Phi) is 3.45. The minimum atomic E-state index is 0.123. The molecule has 0 radical (unpaired) electrons. The average molecular weight is 252 g/mol. The van der Waals surface area contributed by atoms with Gasteiger partial charge in [0.05, 0.1) is 17.1 Å². The van der Waals surface area contributed by atoms with Gasteiger partial charge in [0.1, 0.15) is 0 Å². The summed E-state index contributed by atoms with van der Waals surface area (Å²) >= 11 is 6.35. The van der Waals surface area contributed by atoms with Gasteiger partial charge < -0.3 is 9.51 Å². The molecule has 1 atom stereocenters. The molecule has 0 saturated heterocycles. The Morgan fingerprint density at radius 2 is 2.06 bits per heavy atom. The molecule has 0 aliphatic rings. The molecule has 0 aliphatic carbocycles. The van der Waals surface area contributed by atoms with Crippen LogP contribution in [0.4, 0.5) is 0 Å². The molecular formula is C14H18ClNO. The van der Waals surface area contributed by atoms with Gasteiger partial charge in [0.25, 0.3) is 0 Å². The molecule has 2 heterocycles. The molecule has 0 spiro atoms. The van der Waals surface area contributed by atoms with E-state index in [2.05, 4.69) is 18.2 Å². The maximum atomic E-state index is 9.59. The van der Waals surface area contributed by atoms with Crippen LogP contribution in [0.1, 0.15) is 31.0 Å². The molecule has 1 N–H and O–H groups in total.